The highest BCUT2D eigenvalue weighted by Gasteiger charge is 2.17. The fraction of sp³-hybridized carbons (Fsp3) is 0.556. The molecule has 0 radical (unpaired) electrons. The van der Waals surface area contributed by atoms with Crippen molar-refractivity contribution < 1.29 is 4.74 Å². The van der Waals surface area contributed by atoms with Gasteiger partial charge in [0.2, 0.25) is 0 Å². The minimum Gasteiger partial charge on any atom is -0.371 e. The van der Waals surface area contributed by atoms with Gasteiger partial charge >= 0.3 is 0 Å². The van der Waals surface area contributed by atoms with Crippen LogP contribution in [0.1, 0.15) is 17.2 Å². The molecule has 1 fully saturated rings. The molecule has 1 aliphatic rings. The van der Waals surface area contributed by atoms with E-state index in [1.165, 1.54) is 11.1 Å². The van der Waals surface area contributed by atoms with Crippen LogP contribution in [0.3, 0.4) is 0 Å². The van der Waals surface area contributed by atoms with E-state index in [1.54, 1.807) is 11.3 Å². The van der Waals surface area contributed by atoms with Gasteiger partial charge in [-0.1, -0.05) is 0 Å². The Hall–Kier alpha value is -0.380. The first kappa shape index (κ1) is 8.23. The molecule has 0 amide bonds. The third-order valence-corrected chi connectivity index (χ3v) is 3.05. The fourth-order valence-electron chi connectivity index (χ4n) is 1.47. The van der Waals surface area contributed by atoms with Gasteiger partial charge in [0.1, 0.15) is 0 Å². The number of ether oxygens (including phenoxy) is 1. The van der Waals surface area contributed by atoms with Crippen LogP contribution in [0, 0.1) is 6.92 Å². The number of nitrogens with one attached hydrogen (secondary N) is 1. The Kier molecular flexibility index (Phi) is 2.44. The average molecular weight is 183 g/mol. The largest absolute Gasteiger partial charge is 0.371 e. The normalized spacial score (nSPS) is 24.2. The van der Waals surface area contributed by atoms with E-state index in [0.29, 0.717) is 0 Å². The molecule has 12 heavy (non-hydrogen) atoms. The summed E-state index contributed by atoms with van der Waals surface area (Å²) in [6.45, 7) is 4.92. The van der Waals surface area contributed by atoms with Gasteiger partial charge in [0, 0.05) is 13.1 Å². The lowest BCUT2D eigenvalue weighted by atomic mass is 10.1. The highest BCUT2D eigenvalue weighted by molar-refractivity contribution is 7.08. The molecule has 0 bridgehead atoms. The van der Waals surface area contributed by atoms with Crippen LogP contribution in [0.25, 0.3) is 0 Å². The summed E-state index contributed by atoms with van der Waals surface area (Å²) in [6.07, 6.45) is 0.282. The number of aryl methyl sites for hydroxylation is 1. The van der Waals surface area contributed by atoms with Crippen molar-refractivity contribution in [1.82, 2.24) is 5.32 Å². The molecular formula is C9H13NOS. The Morgan fingerprint density at radius 1 is 1.58 bits per heavy atom. The molecule has 1 saturated heterocycles. The summed E-state index contributed by atoms with van der Waals surface area (Å²) in [5, 5.41) is 7.69. The second-order valence-electron chi connectivity index (χ2n) is 3.07. The van der Waals surface area contributed by atoms with Crippen molar-refractivity contribution in [3.63, 3.8) is 0 Å². The van der Waals surface area contributed by atoms with Crippen molar-refractivity contribution in [3.8, 4) is 0 Å². The van der Waals surface area contributed by atoms with E-state index >= 15 is 0 Å². The van der Waals surface area contributed by atoms with Crippen LogP contribution in [-0.2, 0) is 4.74 Å². The standard InChI is InChI=1S/C9H13NOS/c1-7-5-12-6-8(7)9-4-10-2-3-11-9/h5-6,9-10H,2-4H2,1H3. The first-order valence-electron chi connectivity index (χ1n) is 4.23. The predicted molar refractivity (Wildman–Crippen MR) is 50.6 cm³/mol. The molecule has 0 spiro atoms. The third kappa shape index (κ3) is 1.53. The molecule has 66 valence electrons. The van der Waals surface area contributed by atoms with Gasteiger partial charge in [-0.05, 0) is 28.8 Å². The summed E-state index contributed by atoms with van der Waals surface area (Å²) in [5.41, 5.74) is 2.71. The zero-order valence-electron chi connectivity index (χ0n) is 7.17. The maximum atomic E-state index is 5.65. The maximum Gasteiger partial charge on any atom is 0.0960 e. The molecule has 1 N–H and O–H groups in total. The molecular weight excluding hydrogens is 170 g/mol. The highest BCUT2D eigenvalue weighted by Crippen LogP contribution is 2.25. The number of hydrogen-bond acceptors (Lipinski definition) is 3. The molecule has 2 nitrogen and oxygen atoms in total. The molecule has 2 rings (SSSR count). The lowest BCUT2D eigenvalue weighted by molar-refractivity contribution is 0.0276. The molecule has 0 saturated carbocycles. The van der Waals surface area contributed by atoms with E-state index in [4.69, 9.17) is 4.74 Å². The molecule has 2 heterocycles. The van der Waals surface area contributed by atoms with Crippen molar-refractivity contribution in [2.45, 2.75) is 13.0 Å². The second-order valence-corrected chi connectivity index (χ2v) is 3.82. The van der Waals surface area contributed by atoms with E-state index in [1.807, 2.05) is 0 Å². The van der Waals surface area contributed by atoms with Gasteiger partial charge < -0.3 is 10.1 Å². The van der Waals surface area contributed by atoms with Gasteiger partial charge in [-0.3, -0.25) is 0 Å². The summed E-state index contributed by atoms with van der Waals surface area (Å²) >= 11 is 1.75. The Morgan fingerprint density at radius 3 is 3.08 bits per heavy atom. The van der Waals surface area contributed by atoms with Crippen molar-refractivity contribution in [3.05, 3.63) is 21.9 Å². The van der Waals surface area contributed by atoms with E-state index in [0.717, 1.165) is 19.7 Å². The molecule has 1 unspecified atom stereocenters. The van der Waals surface area contributed by atoms with Crippen LogP contribution in [0.5, 0.6) is 0 Å². The lowest BCUT2D eigenvalue weighted by Crippen LogP contribution is -2.33. The molecule has 1 aromatic rings. The maximum absolute atomic E-state index is 5.65. The van der Waals surface area contributed by atoms with E-state index in [9.17, 15) is 0 Å². The van der Waals surface area contributed by atoms with Crippen LogP contribution in [-0.4, -0.2) is 19.7 Å². The quantitative estimate of drug-likeness (QED) is 0.715. The zero-order valence-corrected chi connectivity index (χ0v) is 7.99. The van der Waals surface area contributed by atoms with Crippen molar-refractivity contribution in [2.75, 3.05) is 19.7 Å². The summed E-state index contributed by atoms with van der Waals surface area (Å²) in [4.78, 5) is 0. The van der Waals surface area contributed by atoms with E-state index in [-0.39, 0.29) is 6.10 Å². The SMILES string of the molecule is Cc1cscc1C1CNCCO1. The minimum absolute atomic E-state index is 0.282. The van der Waals surface area contributed by atoms with Gasteiger partial charge in [0.15, 0.2) is 0 Å². The Labute approximate surface area is 76.6 Å². The molecule has 1 atom stereocenters. The van der Waals surface area contributed by atoms with Crippen molar-refractivity contribution >= 4 is 11.3 Å². The second kappa shape index (κ2) is 3.56. The van der Waals surface area contributed by atoms with Crippen molar-refractivity contribution in [1.29, 1.82) is 0 Å². The van der Waals surface area contributed by atoms with Gasteiger partial charge in [-0.25, -0.2) is 0 Å². The molecule has 1 aliphatic heterocycles. The van der Waals surface area contributed by atoms with Crippen molar-refractivity contribution in [2.24, 2.45) is 0 Å². The Morgan fingerprint density at radius 2 is 2.50 bits per heavy atom. The first-order chi connectivity index (χ1) is 5.88. The number of morpholine rings is 1. The molecule has 0 aliphatic carbocycles. The van der Waals surface area contributed by atoms with Crippen LogP contribution >= 0.6 is 11.3 Å². The minimum atomic E-state index is 0.282. The van der Waals surface area contributed by atoms with E-state index in [2.05, 4.69) is 23.0 Å². The lowest BCUT2D eigenvalue weighted by Gasteiger charge is -2.23. The first-order valence-corrected chi connectivity index (χ1v) is 5.17. The predicted octanol–water partition coefficient (Wildman–Crippen LogP) is 1.72. The van der Waals surface area contributed by atoms with Crippen LogP contribution in [0.4, 0.5) is 0 Å². The summed E-state index contributed by atoms with van der Waals surface area (Å²) in [5.74, 6) is 0. The Bertz CT molecular complexity index is 253. The Balaban J connectivity index is 2.13. The summed E-state index contributed by atoms with van der Waals surface area (Å²) in [6, 6.07) is 0. The van der Waals surface area contributed by atoms with Crippen LogP contribution in [0.15, 0.2) is 10.8 Å². The third-order valence-electron chi connectivity index (χ3n) is 2.17. The zero-order chi connectivity index (χ0) is 8.39. The highest BCUT2D eigenvalue weighted by atomic mass is 32.1. The van der Waals surface area contributed by atoms with E-state index < -0.39 is 0 Å². The van der Waals surface area contributed by atoms with Gasteiger partial charge in [0.05, 0.1) is 12.7 Å². The smallest absolute Gasteiger partial charge is 0.0960 e. The number of thiophene rings is 1. The van der Waals surface area contributed by atoms with Gasteiger partial charge in [0.25, 0.3) is 0 Å². The summed E-state index contributed by atoms with van der Waals surface area (Å²) in [7, 11) is 0. The van der Waals surface area contributed by atoms with Gasteiger partial charge in [-0.15, -0.1) is 0 Å². The summed E-state index contributed by atoms with van der Waals surface area (Å²) < 4.78 is 5.65. The monoisotopic (exact) mass is 183 g/mol. The molecule has 0 aromatic carbocycles. The molecule has 3 heteroatoms. The fourth-order valence-corrected chi connectivity index (χ4v) is 2.36. The van der Waals surface area contributed by atoms with Gasteiger partial charge in [-0.2, -0.15) is 11.3 Å². The van der Waals surface area contributed by atoms with Crippen LogP contribution in [0.2, 0.25) is 0 Å². The number of rotatable bonds is 1. The topological polar surface area (TPSA) is 21.3 Å². The molecule has 1 aromatic heterocycles. The number of hydrogen-bond donors (Lipinski definition) is 1. The van der Waals surface area contributed by atoms with Crippen LogP contribution < -0.4 is 5.32 Å². The average Bonchev–Trinajstić information content (AvgIpc) is 2.53.